The van der Waals surface area contributed by atoms with Crippen LogP contribution in [0.1, 0.15) is 12.8 Å². The molecule has 0 bridgehead atoms. The topological polar surface area (TPSA) is 118 Å². The van der Waals surface area contributed by atoms with Crippen LogP contribution in [-0.2, 0) is 15.8 Å². The number of anilines is 1. The molecule has 0 aromatic carbocycles. The van der Waals surface area contributed by atoms with E-state index in [9.17, 15) is 4.57 Å². The first kappa shape index (κ1) is 16.5. The third-order valence-electron chi connectivity index (χ3n) is 4.22. The number of aromatic nitrogens is 5. The molecular formula is C14H19N6O4P. The van der Waals surface area contributed by atoms with Crippen LogP contribution in [0.3, 0.4) is 0 Å². The van der Waals surface area contributed by atoms with Gasteiger partial charge < -0.3 is 24.0 Å². The third-order valence-corrected chi connectivity index (χ3v) is 4.74. The Morgan fingerprint density at radius 2 is 2.04 bits per heavy atom. The van der Waals surface area contributed by atoms with Crippen molar-refractivity contribution < 1.29 is 19.1 Å². The highest BCUT2D eigenvalue weighted by Gasteiger charge is 2.22. The number of ether oxygens (including phenoxy) is 1. The van der Waals surface area contributed by atoms with Crippen molar-refractivity contribution in [2.75, 3.05) is 30.9 Å². The molecule has 0 atom stereocenters. The number of hydrogen-bond donors (Lipinski definition) is 2. The molecule has 0 radical (unpaired) electrons. The van der Waals surface area contributed by atoms with Gasteiger partial charge in [0.25, 0.3) is 0 Å². The van der Waals surface area contributed by atoms with Gasteiger partial charge in [0.05, 0.1) is 12.9 Å². The molecule has 0 aliphatic carbocycles. The summed E-state index contributed by atoms with van der Waals surface area (Å²) in [7, 11) is -4.15. The Morgan fingerprint density at radius 1 is 1.24 bits per heavy atom. The summed E-state index contributed by atoms with van der Waals surface area (Å²) < 4.78 is 19.7. The minimum atomic E-state index is -4.15. The SMILES string of the molecule is O=P(O)(O)COCCn1cnc2c(N3CCCC3)n3ccnc3nc21. The summed E-state index contributed by atoms with van der Waals surface area (Å²) in [5.74, 6) is 1.59. The van der Waals surface area contributed by atoms with Gasteiger partial charge in [0.2, 0.25) is 5.78 Å². The van der Waals surface area contributed by atoms with E-state index in [4.69, 9.17) is 14.5 Å². The number of nitrogens with zero attached hydrogens (tertiary/aromatic N) is 6. The lowest BCUT2D eigenvalue weighted by atomic mass is 10.4. The molecule has 1 aliphatic rings. The molecule has 1 aliphatic heterocycles. The van der Waals surface area contributed by atoms with Crippen molar-refractivity contribution in [1.29, 1.82) is 0 Å². The van der Waals surface area contributed by atoms with E-state index in [1.807, 2.05) is 15.2 Å². The molecule has 0 unspecified atom stereocenters. The maximum Gasteiger partial charge on any atom is 0.350 e. The van der Waals surface area contributed by atoms with E-state index in [0.29, 0.717) is 18.0 Å². The van der Waals surface area contributed by atoms with Crippen molar-refractivity contribution in [2.24, 2.45) is 0 Å². The summed E-state index contributed by atoms with van der Waals surface area (Å²) in [6, 6.07) is 0. The first-order valence-electron chi connectivity index (χ1n) is 8.08. The predicted octanol–water partition coefficient (Wildman–Crippen LogP) is 0.831. The molecule has 2 N–H and O–H groups in total. The van der Waals surface area contributed by atoms with Crippen molar-refractivity contribution in [2.45, 2.75) is 19.4 Å². The largest absolute Gasteiger partial charge is 0.367 e. The van der Waals surface area contributed by atoms with Crippen LogP contribution in [0.5, 0.6) is 0 Å². The van der Waals surface area contributed by atoms with Gasteiger partial charge in [-0.05, 0) is 12.8 Å². The van der Waals surface area contributed by atoms with E-state index in [1.54, 1.807) is 12.5 Å². The Morgan fingerprint density at radius 3 is 2.80 bits per heavy atom. The quantitative estimate of drug-likeness (QED) is 0.487. The second-order valence-corrected chi connectivity index (χ2v) is 7.63. The van der Waals surface area contributed by atoms with Crippen LogP contribution < -0.4 is 4.90 Å². The smallest absolute Gasteiger partial charge is 0.350 e. The number of imidazole rings is 2. The highest BCUT2D eigenvalue weighted by atomic mass is 31.2. The maximum atomic E-state index is 10.8. The number of fused-ring (bicyclic) bond motifs is 2. The average Bonchev–Trinajstić information content (AvgIpc) is 3.29. The predicted molar refractivity (Wildman–Crippen MR) is 90.6 cm³/mol. The monoisotopic (exact) mass is 366 g/mol. The summed E-state index contributed by atoms with van der Waals surface area (Å²) in [4.78, 5) is 33.4. The molecular weight excluding hydrogens is 347 g/mol. The lowest BCUT2D eigenvalue weighted by molar-refractivity contribution is 0.149. The molecule has 0 spiro atoms. The Labute approximate surface area is 143 Å². The van der Waals surface area contributed by atoms with Crippen LogP contribution >= 0.6 is 7.60 Å². The fourth-order valence-corrected chi connectivity index (χ4v) is 3.51. The van der Waals surface area contributed by atoms with Gasteiger partial charge in [-0.25, -0.2) is 9.97 Å². The fourth-order valence-electron chi connectivity index (χ4n) is 3.14. The van der Waals surface area contributed by atoms with E-state index in [2.05, 4.69) is 19.9 Å². The van der Waals surface area contributed by atoms with Crippen LogP contribution in [0.15, 0.2) is 18.7 Å². The summed E-state index contributed by atoms with van der Waals surface area (Å²) in [6.45, 7) is 2.52. The van der Waals surface area contributed by atoms with E-state index in [0.717, 1.165) is 37.3 Å². The van der Waals surface area contributed by atoms with E-state index < -0.39 is 13.9 Å². The second-order valence-electron chi connectivity index (χ2n) is 6.04. The lowest BCUT2D eigenvalue weighted by Crippen LogP contribution is -2.21. The van der Waals surface area contributed by atoms with Gasteiger partial charge in [-0.1, -0.05) is 0 Å². The van der Waals surface area contributed by atoms with Crippen LogP contribution in [0.25, 0.3) is 16.9 Å². The molecule has 3 aromatic heterocycles. The summed E-state index contributed by atoms with van der Waals surface area (Å²) in [6.07, 6.45) is 6.99. The van der Waals surface area contributed by atoms with Gasteiger partial charge in [-0.2, -0.15) is 4.98 Å². The summed E-state index contributed by atoms with van der Waals surface area (Å²) in [5.41, 5.74) is 1.49. The molecule has 10 nitrogen and oxygen atoms in total. The Bertz CT molecular complexity index is 941. The molecule has 4 rings (SSSR count). The Hall–Kier alpha value is -2.00. The highest BCUT2D eigenvalue weighted by molar-refractivity contribution is 7.51. The molecule has 0 amide bonds. The molecule has 0 saturated carbocycles. The van der Waals surface area contributed by atoms with Gasteiger partial charge in [0, 0.05) is 32.0 Å². The molecule has 4 heterocycles. The van der Waals surface area contributed by atoms with Crippen LogP contribution in [0.2, 0.25) is 0 Å². The van der Waals surface area contributed by atoms with E-state index >= 15 is 0 Å². The van der Waals surface area contributed by atoms with Crippen LogP contribution in [0.4, 0.5) is 5.82 Å². The zero-order chi connectivity index (χ0) is 17.4. The molecule has 1 fully saturated rings. The average molecular weight is 366 g/mol. The Balaban J connectivity index is 1.66. The molecule has 1 saturated heterocycles. The molecule has 11 heteroatoms. The van der Waals surface area contributed by atoms with Gasteiger partial charge in [0.15, 0.2) is 5.65 Å². The minimum Gasteiger partial charge on any atom is -0.367 e. The summed E-state index contributed by atoms with van der Waals surface area (Å²) >= 11 is 0. The zero-order valence-electron chi connectivity index (χ0n) is 13.5. The third kappa shape index (κ3) is 3.25. The molecule has 134 valence electrons. The van der Waals surface area contributed by atoms with Crippen molar-refractivity contribution in [3.8, 4) is 0 Å². The molecule has 3 aromatic rings. The van der Waals surface area contributed by atoms with Crippen molar-refractivity contribution >= 4 is 30.4 Å². The van der Waals surface area contributed by atoms with Gasteiger partial charge >= 0.3 is 7.60 Å². The minimum absolute atomic E-state index is 0.164. The van der Waals surface area contributed by atoms with Gasteiger partial charge in [-0.3, -0.25) is 8.97 Å². The second kappa shape index (κ2) is 6.38. The number of rotatable bonds is 6. The first-order valence-corrected chi connectivity index (χ1v) is 9.88. The van der Waals surface area contributed by atoms with Crippen molar-refractivity contribution in [3.63, 3.8) is 0 Å². The highest BCUT2D eigenvalue weighted by Crippen LogP contribution is 2.34. The molecule has 25 heavy (non-hydrogen) atoms. The van der Waals surface area contributed by atoms with Gasteiger partial charge in [0.1, 0.15) is 17.7 Å². The standard InChI is InChI=1S/C14H19N6O4P/c21-25(22,23)10-24-8-7-19-9-16-11-12(19)17-14-15-3-6-20(14)13(11)18-4-1-2-5-18/h3,6,9H,1-2,4-5,7-8,10H2,(H2,21,22,23). The van der Waals surface area contributed by atoms with Crippen LogP contribution in [-0.4, -0.2) is 59.8 Å². The zero-order valence-corrected chi connectivity index (χ0v) is 14.4. The lowest BCUT2D eigenvalue weighted by Gasteiger charge is -2.19. The summed E-state index contributed by atoms with van der Waals surface area (Å²) in [5, 5.41) is 0. The Kier molecular flexibility index (Phi) is 4.20. The normalized spacial score (nSPS) is 15.7. The van der Waals surface area contributed by atoms with Crippen molar-refractivity contribution in [3.05, 3.63) is 18.7 Å². The van der Waals surface area contributed by atoms with E-state index in [-0.39, 0.29) is 6.61 Å². The fraction of sp³-hybridized carbons (Fsp3) is 0.500. The first-order chi connectivity index (χ1) is 12.0. The van der Waals surface area contributed by atoms with E-state index in [1.165, 1.54) is 0 Å². The van der Waals surface area contributed by atoms with Gasteiger partial charge in [-0.15, -0.1) is 0 Å². The maximum absolute atomic E-state index is 10.8. The van der Waals surface area contributed by atoms with Crippen molar-refractivity contribution in [1.82, 2.24) is 23.9 Å². The number of hydrogen-bond acceptors (Lipinski definition) is 6. The van der Waals surface area contributed by atoms with Crippen LogP contribution in [0, 0.1) is 0 Å².